The van der Waals surface area contributed by atoms with Crippen LogP contribution >= 0.6 is 0 Å². The van der Waals surface area contributed by atoms with Crippen LogP contribution in [0.2, 0.25) is 0 Å². The van der Waals surface area contributed by atoms with Crippen molar-refractivity contribution in [3.05, 3.63) is 53.5 Å². The lowest BCUT2D eigenvalue weighted by molar-refractivity contribution is -0.275. The summed E-state index contributed by atoms with van der Waals surface area (Å²) in [5.74, 6) is 1.47. The van der Waals surface area contributed by atoms with E-state index in [1.165, 1.54) is 0 Å². The number of halogens is 3. The van der Waals surface area contributed by atoms with E-state index in [9.17, 15) is 18.3 Å². The molecular formula is C23H22F3N3O3. The van der Waals surface area contributed by atoms with Crippen molar-refractivity contribution in [3.8, 4) is 11.5 Å². The Hall–Kier alpha value is -3.07. The lowest BCUT2D eigenvalue weighted by Gasteiger charge is -2.49. The average Bonchev–Trinajstić information content (AvgIpc) is 3.17. The monoisotopic (exact) mass is 445 g/mol. The van der Waals surface area contributed by atoms with Gasteiger partial charge in [-0.05, 0) is 42.5 Å². The van der Waals surface area contributed by atoms with Crippen molar-refractivity contribution in [1.82, 2.24) is 9.97 Å². The Kier molecular flexibility index (Phi) is 4.37. The van der Waals surface area contributed by atoms with Crippen molar-refractivity contribution >= 4 is 16.6 Å². The molecule has 1 aliphatic carbocycles. The van der Waals surface area contributed by atoms with Crippen molar-refractivity contribution in [3.63, 3.8) is 0 Å². The van der Waals surface area contributed by atoms with Crippen molar-refractivity contribution in [2.45, 2.75) is 50.4 Å². The molecule has 0 amide bonds. The Morgan fingerprint density at radius 1 is 1.16 bits per heavy atom. The van der Waals surface area contributed by atoms with E-state index in [0.717, 1.165) is 0 Å². The maximum absolute atomic E-state index is 14.4. The van der Waals surface area contributed by atoms with Crippen molar-refractivity contribution in [2.75, 3.05) is 12.1 Å². The number of hydrogen-bond acceptors (Lipinski definition) is 6. The Labute approximate surface area is 182 Å². The number of aromatic nitrogens is 2. The Morgan fingerprint density at radius 2 is 1.94 bits per heavy atom. The van der Waals surface area contributed by atoms with Crippen LogP contribution in [-0.4, -0.2) is 33.6 Å². The second kappa shape index (κ2) is 6.71. The molecule has 0 fully saturated rings. The summed E-state index contributed by atoms with van der Waals surface area (Å²) in [6.07, 6.45) is -3.86. The normalized spacial score (nSPS) is 23.8. The molecule has 168 valence electrons. The van der Waals surface area contributed by atoms with Gasteiger partial charge in [-0.2, -0.15) is 13.2 Å². The average molecular weight is 445 g/mol. The standard InChI is InChI=1S/C23H22F3N3O3/c1-12-27-9-14-15(28-12)5-4-6-16(14)29-20-13-7-8-17-19(32-11-31-17)18(13)21(2,3)10-22(20,30)23(24,25)26/h4-9,20,29-30H,10-11H2,1-3H3/t20-,22-/m0/s1. The Balaban J connectivity index is 1.72. The molecule has 2 aromatic carbocycles. The Bertz CT molecular complexity index is 1230. The van der Waals surface area contributed by atoms with Crippen LogP contribution < -0.4 is 14.8 Å². The number of ether oxygens (including phenoxy) is 2. The zero-order valence-corrected chi connectivity index (χ0v) is 17.7. The van der Waals surface area contributed by atoms with Crippen LogP contribution in [0, 0.1) is 6.92 Å². The third-order valence-corrected chi connectivity index (χ3v) is 6.28. The third-order valence-electron chi connectivity index (χ3n) is 6.28. The van der Waals surface area contributed by atoms with E-state index in [1.54, 1.807) is 57.3 Å². The highest BCUT2D eigenvalue weighted by atomic mass is 19.4. The minimum Gasteiger partial charge on any atom is -0.454 e. The van der Waals surface area contributed by atoms with Crippen LogP contribution in [0.3, 0.4) is 0 Å². The number of aliphatic hydroxyl groups is 1. The summed E-state index contributed by atoms with van der Waals surface area (Å²) in [6, 6.07) is 6.81. The number of alkyl halides is 3. The first-order valence-electron chi connectivity index (χ1n) is 10.2. The van der Waals surface area contributed by atoms with Crippen molar-refractivity contribution in [1.29, 1.82) is 0 Å². The lowest BCUT2D eigenvalue weighted by atomic mass is 9.63. The molecule has 2 atom stereocenters. The molecule has 0 saturated carbocycles. The number of rotatable bonds is 2. The second-order valence-electron chi connectivity index (χ2n) is 8.98. The van der Waals surface area contributed by atoms with Gasteiger partial charge in [-0.3, -0.25) is 0 Å². The fraction of sp³-hybridized carbons (Fsp3) is 0.391. The number of hydrogen-bond donors (Lipinski definition) is 2. The van der Waals surface area contributed by atoms with E-state index in [1.807, 2.05) is 0 Å². The molecule has 1 aliphatic heterocycles. The fourth-order valence-corrected chi connectivity index (χ4v) is 4.94. The van der Waals surface area contributed by atoms with Crippen LogP contribution in [0.15, 0.2) is 36.5 Å². The molecular weight excluding hydrogens is 423 g/mol. The summed E-state index contributed by atoms with van der Waals surface area (Å²) in [4.78, 5) is 8.55. The molecule has 5 rings (SSSR count). The zero-order valence-electron chi connectivity index (χ0n) is 17.7. The van der Waals surface area contributed by atoms with Gasteiger partial charge in [0.15, 0.2) is 17.1 Å². The zero-order chi connectivity index (χ0) is 22.9. The van der Waals surface area contributed by atoms with Crippen molar-refractivity contribution < 1.29 is 27.8 Å². The smallest absolute Gasteiger partial charge is 0.419 e. The van der Waals surface area contributed by atoms with Crippen LogP contribution in [0.25, 0.3) is 10.9 Å². The molecule has 0 bridgehead atoms. The van der Waals surface area contributed by atoms with Gasteiger partial charge in [-0.1, -0.05) is 26.0 Å². The van der Waals surface area contributed by atoms with Gasteiger partial charge in [0.25, 0.3) is 0 Å². The summed E-state index contributed by atoms with van der Waals surface area (Å²) < 4.78 is 54.2. The van der Waals surface area contributed by atoms with Gasteiger partial charge < -0.3 is 19.9 Å². The molecule has 32 heavy (non-hydrogen) atoms. The van der Waals surface area contributed by atoms with Gasteiger partial charge >= 0.3 is 6.18 Å². The predicted octanol–water partition coefficient (Wildman–Crippen LogP) is 4.79. The van der Waals surface area contributed by atoms with E-state index >= 15 is 0 Å². The molecule has 9 heteroatoms. The third kappa shape index (κ3) is 2.98. The maximum Gasteiger partial charge on any atom is 0.419 e. The fourth-order valence-electron chi connectivity index (χ4n) is 4.94. The van der Waals surface area contributed by atoms with Gasteiger partial charge in [0, 0.05) is 22.8 Å². The van der Waals surface area contributed by atoms with Gasteiger partial charge in [0.05, 0.1) is 11.6 Å². The summed E-state index contributed by atoms with van der Waals surface area (Å²) in [7, 11) is 0. The first-order chi connectivity index (χ1) is 15.0. The Morgan fingerprint density at radius 3 is 2.69 bits per heavy atom. The van der Waals surface area contributed by atoms with Gasteiger partial charge in [0.1, 0.15) is 5.82 Å². The van der Waals surface area contributed by atoms with Gasteiger partial charge in [-0.15, -0.1) is 0 Å². The molecule has 1 aromatic heterocycles. The van der Waals surface area contributed by atoms with Crippen LogP contribution in [-0.2, 0) is 5.41 Å². The van der Waals surface area contributed by atoms with E-state index in [4.69, 9.17) is 9.47 Å². The molecule has 6 nitrogen and oxygen atoms in total. The highest BCUT2D eigenvalue weighted by Crippen LogP contribution is 2.58. The molecule has 0 radical (unpaired) electrons. The highest BCUT2D eigenvalue weighted by molar-refractivity contribution is 5.91. The van der Waals surface area contributed by atoms with E-state index in [-0.39, 0.29) is 6.79 Å². The minimum atomic E-state index is -4.88. The SMILES string of the molecule is Cc1ncc2c(N[C@H]3c4ccc5c(c4C(C)(C)C[C@@]3(O)C(F)(F)F)OCO5)cccc2n1. The summed E-state index contributed by atoms with van der Waals surface area (Å²) in [5.41, 5.74) is -2.12. The topological polar surface area (TPSA) is 76.5 Å². The second-order valence-corrected chi connectivity index (χ2v) is 8.98. The number of nitrogens with zero attached hydrogens (tertiary/aromatic N) is 2. The quantitative estimate of drug-likeness (QED) is 0.591. The van der Waals surface area contributed by atoms with Gasteiger partial charge in [0.2, 0.25) is 6.79 Å². The van der Waals surface area contributed by atoms with E-state index < -0.39 is 29.7 Å². The molecule has 0 unspecified atom stereocenters. The number of anilines is 1. The van der Waals surface area contributed by atoms with Gasteiger partial charge in [-0.25, -0.2) is 9.97 Å². The minimum absolute atomic E-state index is 0.00349. The predicted molar refractivity (Wildman–Crippen MR) is 112 cm³/mol. The molecule has 0 spiro atoms. The number of benzene rings is 2. The molecule has 3 aromatic rings. The van der Waals surface area contributed by atoms with E-state index in [0.29, 0.717) is 45.0 Å². The molecule has 2 N–H and O–H groups in total. The van der Waals surface area contributed by atoms with Crippen molar-refractivity contribution in [2.24, 2.45) is 0 Å². The van der Waals surface area contributed by atoms with Crippen LogP contribution in [0.4, 0.5) is 18.9 Å². The highest BCUT2D eigenvalue weighted by Gasteiger charge is 2.64. The number of aryl methyl sites for hydroxylation is 1. The van der Waals surface area contributed by atoms with Crippen LogP contribution in [0.1, 0.15) is 43.3 Å². The maximum atomic E-state index is 14.4. The summed E-state index contributed by atoms with van der Waals surface area (Å²) in [6.45, 7) is 5.10. The number of nitrogens with one attached hydrogen (secondary N) is 1. The lowest BCUT2D eigenvalue weighted by Crippen LogP contribution is -2.58. The molecule has 2 aliphatic rings. The first-order valence-corrected chi connectivity index (χ1v) is 10.2. The number of fused-ring (bicyclic) bond motifs is 4. The summed E-state index contributed by atoms with van der Waals surface area (Å²) >= 11 is 0. The first kappa shape index (κ1) is 20.8. The largest absolute Gasteiger partial charge is 0.454 e. The molecule has 0 saturated heterocycles. The molecule has 2 heterocycles. The van der Waals surface area contributed by atoms with E-state index in [2.05, 4.69) is 15.3 Å². The van der Waals surface area contributed by atoms with Crippen LogP contribution in [0.5, 0.6) is 11.5 Å². The summed E-state index contributed by atoms with van der Waals surface area (Å²) in [5, 5.41) is 14.7.